The number of hydrogen-bond acceptors (Lipinski definition) is 4. The predicted molar refractivity (Wildman–Crippen MR) is 531 cm³/mol. The molecule has 4 heterocycles. The molecule has 6 heteroatoms. The van der Waals surface area contributed by atoms with Crippen LogP contribution in [0.25, 0.3) is 77.9 Å². The second-order valence-electron chi connectivity index (χ2n) is 39.8. The highest BCUT2D eigenvalue weighted by atomic mass is 15.2. The molecule has 0 saturated heterocycles. The van der Waals surface area contributed by atoms with Crippen molar-refractivity contribution < 1.29 is 0 Å². The van der Waals surface area contributed by atoms with Gasteiger partial charge in [0.2, 0.25) is 0 Å². The fourth-order valence-corrected chi connectivity index (χ4v) is 19.9. The van der Waals surface area contributed by atoms with Crippen molar-refractivity contribution in [1.29, 1.82) is 0 Å². The first kappa shape index (κ1) is 78.4. The first-order chi connectivity index (χ1) is 59.1. The minimum atomic E-state index is -0.266. The molecule has 0 atom stereocenters. The van der Waals surface area contributed by atoms with Gasteiger partial charge in [0.25, 0.3) is 13.4 Å². The topological polar surface area (TPSA) is 13.0 Å². The van der Waals surface area contributed by atoms with Gasteiger partial charge in [-0.15, -0.1) is 0 Å². The van der Waals surface area contributed by atoms with E-state index in [9.17, 15) is 0 Å². The summed E-state index contributed by atoms with van der Waals surface area (Å²) in [5, 5.41) is 0. The molecule has 0 aromatic heterocycles. The van der Waals surface area contributed by atoms with Crippen LogP contribution >= 0.6 is 0 Å². The summed E-state index contributed by atoms with van der Waals surface area (Å²) < 4.78 is 0. The Labute approximate surface area is 730 Å². The summed E-state index contributed by atoms with van der Waals surface area (Å²) >= 11 is 0. The van der Waals surface area contributed by atoms with Crippen LogP contribution in [0, 0.1) is 6.92 Å². The lowest BCUT2D eigenvalue weighted by Crippen LogP contribution is -2.61. The first-order valence-corrected chi connectivity index (χ1v) is 44.1. The van der Waals surface area contributed by atoms with Gasteiger partial charge < -0.3 is 19.6 Å². The van der Waals surface area contributed by atoms with Crippen molar-refractivity contribution in [3.05, 3.63) is 385 Å². The maximum Gasteiger partial charge on any atom is 0.252 e. The van der Waals surface area contributed by atoms with Crippen LogP contribution in [0.5, 0.6) is 0 Å². The molecule has 600 valence electrons. The van der Waals surface area contributed by atoms with Crippen LogP contribution < -0.4 is 52.4 Å². The molecule has 4 aliphatic heterocycles. The molecular formula is C117H106B2N4. The minimum absolute atomic E-state index is 0.0946. The number of benzene rings is 16. The van der Waals surface area contributed by atoms with E-state index >= 15 is 0 Å². The molecule has 0 amide bonds. The molecule has 0 N–H and O–H groups in total. The van der Waals surface area contributed by atoms with E-state index < -0.39 is 0 Å². The van der Waals surface area contributed by atoms with Gasteiger partial charge in [-0.2, -0.15) is 0 Å². The van der Waals surface area contributed by atoms with Crippen molar-refractivity contribution in [3.8, 4) is 77.9 Å². The van der Waals surface area contributed by atoms with E-state index in [0.717, 1.165) is 61.8 Å². The van der Waals surface area contributed by atoms with Gasteiger partial charge in [-0.05, 0) is 230 Å². The Morgan fingerprint density at radius 2 is 0.488 bits per heavy atom. The van der Waals surface area contributed by atoms with Crippen molar-refractivity contribution >= 4 is 114 Å². The van der Waals surface area contributed by atoms with Crippen molar-refractivity contribution in [2.24, 2.45) is 0 Å². The lowest BCUT2D eigenvalue weighted by Gasteiger charge is -2.46. The van der Waals surface area contributed by atoms with E-state index in [1.54, 1.807) is 0 Å². The number of fused-ring (bicyclic) bond motifs is 8. The highest BCUT2D eigenvalue weighted by Crippen LogP contribution is 2.57. The fourth-order valence-electron chi connectivity index (χ4n) is 19.9. The van der Waals surface area contributed by atoms with Crippen LogP contribution in [0.4, 0.5) is 68.2 Å². The van der Waals surface area contributed by atoms with E-state index in [1.165, 1.54) is 150 Å². The summed E-state index contributed by atoms with van der Waals surface area (Å²) in [6, 6.07) is 135. The Balaban J connectivity index is 0.846. The summed E-state index contributed by atoms with van der Waals surface area (Å²) in [5.74, 6) is 0. The lowest BCUT2D eigenvalue weighted by atomic mass is 9.33. The molecule has 0 saturated carbocycles. The smallest absolute Gasteiger partial charge is 0.252 e. The number of anilines is 12. The zero-order valence-electron chi connectivity index (χ0n) is 73.9. The standard InChI is InChI=1S/C117H106B2N4/c1-75-64-105-109-106(65-75)123(104-72-86(115(8,9)10)58-61-97(104)118(109)96-60-57-85(114(5,6)7)71-103(96)121(105)99-54-34-32-50-89(99)76-38-22-17-23-39-76)111-90(77-40-24-18-25-41-77)51-37-52-91(111)83-49-36-48-81(66-83)82-56-62-102-98(67-82)119-95-53-33-35-55-101(95)120(100-63-59-84(113(2,3)4)68-92(100)78-42-26-19-27-43-78)107-73-88(117(14,15)16)74-108(110(107)119)122(102)112-93(79-44-28-20-29-45-79)69-87(116(11,12)13)70-94(112)80-46-30-21-31-47-80/h17-74H,1-16H3. The molecule has 4 aliphatic rings. The second-order valence-corrected chi connectivity index (χ2v) is 39.8. The number of hydrogen-bond donors (Lipinski definition) is 0. The van der Waals surface area contributed by atoms with Crippen LogP contribution in [0.3, 0.4) is 0 Å². The van der Waals surface area contributed by atoms with Gasteiger partial charge in [0, 0.05) is 78.9 Å². The number of nitrogens with zero attached hydrogens (tertiary/aromatic N) is 4. The Morgan fingerprint density at radius 1 is 0.179 bits per heavy atom. The number of aryl methyl sites for hydroxylation is 1. The SMILES string of the molecule is Cc1cc2c3c(c1)N(c1c(-c4ccccc4)cccc1-c1cccc(-c4ccc5c(c4)B4c6ccccc6N(c6ccc(C(C)(C)C)cc6-c6ccccc6)c6cc(C(C)(C)C)cc(c64)N5c4c(-c5ccccc5)cc(C(C)(C)C)cc4-c4ccccc4)c1)c1cc(C(C)(C)C)ccc1B3c1ccc(C(C)(C)C)cc1N2c1ccccc1-c1ccccc1. The van der Waals surface area contributed by atoms with Crippen molar-refractivity contribution in [3.63, 3.8) is 0 Å². The van der Waals surface area contributed by atoms with Gasteiger partial charge in [0.1, 0.15) is 0 Å². The third-order valence-electron chi connectivity index (χ3n) is 26.4. The molecule has 16 aromatic carbocycles. The quantitative estimate of drug-likeness (QED) is 0.120. The van der Waals surface area contributed by atoms with Crippen LogP contribution in [-0.2, 0) is 27.1 Å². The second kappa shape index (κ2) is 29.6. The highest BCUT2D eigenvalue weighted by molar-refractivity contribution is 7.01. The molecule has 0 bridgehead atoms. The van der Waals surface area contributed by atoms with Crippen LogP contribution in [-0.4, -0.2) is 13.4 Å². The van der Waals surface area contributed by atoms with E-state index in [4.69, 9.17) is 0 Å². The van der Waals surface area contributed by atoms with Gasteiger partial charge in [-0.1, -0.05) is 371 Å². The summed E-state index contributed by atoms with van der Waals surface area (Å²) in [7, 11) is 0. The van der Waals surface area contributed by atoms with Crippen LogP contribution in [0.2, 0.25) is 0 Å². The summed E-state index contributed by atoms with van der Waals surface area (Å²) in [6.07, 6.45) is 0. The third kappa shape index (κ3) is 13.5. The maximum atomic E-state index is 2.71. The van der Waals surface area contributed by atoms with Crippen molar-refractivity contribution in [2.75, 3.05) is 19.6 Å². The van der Waals surface area contributed by atoms with E-state index in [1.807, 2.05) is 0 Å². The van der Waals surface area contributed by atoms with E-state index in [-0.39, 0.29) is 40.5 Å². The highest BCUT2D eigenvalue weighted by Gasteiger charge is 2.49. The molecule has 0 unspecified atom stereocenters. The average Bonchev–Trinajstić information content (AvgIpc) is 0.693. The molecule has 0 radical (unpaired) electrons. The molecular weight excluding hydrogens is 1480 g/mol. The van der Waals surface area contributed by atoms with Gasteiger partial charge in [-0.25, -0.2) is 0 Å². The van der Waals surface area contributed by atoms with Crippen molar-refractivity contribution in [2.45, 2.75) is 138 Å². The van der Waals surface area contributed by atoms with Gasteiger partial charge in [-0.3, -0.25) is 0 Å². The summed E-state index contributed by atoms with van der Waals surface area (Å²) in [4.78, 5) is 10.7. The summed E-state index contributed by atoms with van der Waals surface area (Å²) in [6.45, 7) is 37.4. The molecule has 0 spiro atoms. The van der Waals surface area contributed by atoms with Crippen LogP contribution in [0.1, 0.15) is 137 Å². The van der Waals surface area contributed by atoms with Crippen LogP contribution in [0.15, 0.2) is 352 Å². The molecule has 4 nitrogen and oxygen atoms in total. The predicted octanol–water partition coefficient (Wildman–Crippen LogP) is 28.3. The van der Waals surface area contributed by atoms with E-state index in [2.05, 4.69) is 482 Å². The molecule has 20 rings (SSSR count). The Kier molecular flexibility index (Phi) is 18.9. The monoisotopic (exact) mass is 1590 g/mol. The largest absolute Gasteiger partial charge is 0.311 e. The van der Waals surface area contributed by atoms with Gasteiger partial charge in [0.15, 0.2) is 0 Å². The fraction of sp³-hybridized carbons (Fsp3) is 0.179. The molecule has 16 aromatic rings. The number of rotatable bonds is 11. The Hall–Kier alpha value is -13.2. The molecule has 0 fully saturated rings. The Morgan fingerprint density at radius 3 is 1.03 bits per heavy atom. The molecule has 123 heavy (non-hydrogen) atoms. The van der Waals surface area contributed by atoms with E-state index in [0.29, 0.717) is 0 Å². The Bertz CT molecular complexity index is 6790. The van der Waals surface area contributed by atoms with Gasteiger partial charge >= 0.3 is 0 Å². The van der Waals surface area contributed by atoms with Gasteiger partial charge in [0.05, 0.1) is 22.7 Å². The molecule has 0 aliphatic carbocycles. The first-order valence-electron chi connectivity index (χ1n) is 44.1. The maximum absolute atomic E-state index is 2.71. The minimum Gasteiger partial charge on any atom is -0.311 e. The van der Waals surface area contributed by atoms with Crippen molar-refractivity contribution in [1.82, 2.24) is 0 Å². The lowest BCUT2D eigenvalue weighted by molar-refractivity contribution is 0.590. The number of para-hydroxylation sites is 3. The summed E-state index contributed by atoms with van der Waals surface area (Å²) in [5.41, 5.74) is 44.8. The average molecular weight is 1590 g/mol. The normalized spacial score (nSPS) is 13.4. The zero-order valence-corrected chi connectivity index (χ0v) is 73.9. The third-order valence-corrected chi connectivity index (χ3v) is 26.4. The zero-order chi connectivity index (χ0) is 84.9.